The molecular formula is C11H16O. The Bertz CT molecular complexity index is 205. The summed E-state index contributed by atoms with van der Waals surface area (Å²) in [7, 11) is 0. The van der Waals surface area contributed by atoms with E-state index >= 15 is 0 Å². The van der Waals surface area contributed by atoms with Crippen LogP contribution in [0.3, 0.4) is 0 Å². The molecule has 0 bridgehead atoms. The molecule has 0 aromatic rings. The zero-order valence-electron chi connectivity index (χ0n) is 7.46. The maximum absolute atomic E-state index is 11.6. The fraction of sp³-hybridized carbons (Fsp3) is 0.727. The van der Waals surface area contributed by atoms with Gasteiger partial charge in [0.05, 0.1) is 0 Å². The predicted molar refractivity (Wildman–Crippen MR) is 48.8 cm³/mol. The summed E-state index contributed by atoms with van der Waals surface area (Å²) in [5.41, 5.74) is 0. The predicted octanol–water partition coefficient (Wildman–Crippen LogP) is 2.71. The summed E-state index contributed by atoms with van der Waals surface area (Å²) in [6.45, 7) is 0. The van der Waals surface area contributed by atoms with E-state index in [1.54, 1.807) is 0 Å². The Kier molecular flexibility index (Phi) is 2.29. The minimum Gasteiger partial charge on any atom is -0.299 e. The van der Waals surface area contributed by atoms with Crippen LogP contribution in [-0.4, -0.2) is 5.78 Å². The smallest absolute Gasteiger partial charge is 0.140 e. The Hall–Kier alpha value is -0.590. The van der Waals surface area contributed by atoms with Crippen LogP contribution in [0.5, 0.6) is 0 Å². The van der Waals surface area contributed by atoms with Gasteiger partial charge in [-0.1, -0.05) is 25.0 Å². The number of ketones is 1. The molecule has 66 valence electrons. The van der Waals surface area contributed by atoms with Gasteiger partial charge in [0.15, 0.2) is 0 Å². The van der Waals surface area contributed by atoms with Crippen LogP contribution < -0.4 is 0 Å². The van der Waals surface area contributed by atoms with E-state index in [0.29, 0.717) is 24.0 Å². The van der Waals surface area contributed by atoms with Gasteiger partial charge in [0, 0.05) is 12.3 Å². The molecule has 0 radical (unpaired) electrons. The minimum atomic E-state index is 0.411. The molecule has 0 aromatic carbocycles. The van der Waals surface area contributed by atoms with Gasteiger partial charge in [-0.25, -0.2) is 0 Å². The molecule has 1 heteroatoms. The normalized spacial score (nSPS) is 35.8. The molecule has 0 aliphatic heterocycles. The lowest BCUT2D eigenvalue weighted by Gasteiger charge is -2.28. The number of hydrogen-bond donors (Lipinski definition) is 0. The van der Waals surface area contributed by atoms with Crippen molar-refractivity contribution in [3.8, 4) is 0 Å². The first-order valence-corrected chi connectivity index (χ1v) is 5.05. The summed E-state index contributed by atoms with van der Waals surface area (Å²) in [6.07, 6.45) is 11.1. The van der Waals surface area contributed by atoms with E-state index < -0.39 is 0 Å². The van der Waals surface area contributed by atoms with Gasteiger partial charge < -0.3 is 0 Å². The number of fused-ring (bicyclic) bond motifs is 1. The van der Waals surface area contributed by atoms with Crippen LogP contribution in [0.1, 0.15) is 38.5 Å². The molecule has 2 aliphatic rings. The van der Waals surface area contributed by atoms with Crippen molar-refractivity contribution in [2.75, 3.05) is 0 Å². The number of carbonyl (C=O) groups excluding carboxylic acids is 1. The Morgan fingerprint density at radius 1 is 1.17 bits per heavy atom. The van der Waals surface area contributed by atoms with E-state index in [-0.39, 0.29) is 0 Å². The summed E-state index contributed by atoms with van der Waals surface area (Å²) in [4.78, 5) is 11.6. The second-order valence-corrected chi connectivity index (χ2v) is 4.03. The quantitative estimate of drug-likeness (QED) is 0.503. The van der Waals surface area contributed by atoms with Crippen LogP contribution in [0.2, 0.25) is 0 Å². The average Bonchev–Trinajstić information content (AvgIpc) is 2.29. The van der Waals surface area contributed by atoms with Crippen molar-refractivity contribution in [2.45, 2.75) is 38.5 Å². The first kappa shape index (κ1) is 8.03. The average molecular weight is 164 g/mol. The van der Waals surface area contributed by atoms with E-state index in [4.69, 9.17) is 0 Å². The second kappa shape index (κ2) is 3.42. The number of Topliss-reactive ketones (excluding diaryl/α,β-unsaturated/α-hetero) is 1. The molecule has 1 nitrogen and oxygen atoms in total. The lowest BCUT2D eigenvalue weighted by atomic mass is 9.76. The van der Waals surface area contributed by atoms with Crippen LogP contribution in [0.25, 0.3) is 0 Å². The third-order valence-electron chi connectivity index (χ3n) is 3.25. The Balaban J connectivity index is 2.11. The van der Waals surface area contributed by atoms with E-state index in [1.165, 1.54) is 19.3 Å². The topological polar surface area (TPSA) is 17.1 Å². The summed E-state index contributed by atoms with van der Waals surface area (Å²) in [5, 5.41) is 0. The van der Waals surface area contributed by atoms with Crippen LogP contribution >= 0.6 is 0 Å². The summed E-state index contributed by atoms with van der Waals surface area (Å²) >= 11 is 0. The standard InChI is InChI=1S/C11H16O/c12-11-8-4-2-6-9-5-1-3-7-10(9)11/h2,4,9-10H,1,3,5-8H2/t9-,10-/m1/s1. The number of hydrogen-bond acceptors (Lipinski definition) is 1. The molecule has 0 amide bonds. The fourth-order valence-electron chi connectivity index (χ4n) is 2.54. The van der Waals surface area contributed by atoms with Crippen molar-refractivity contribution < 1.29 is 4.79 Å². The number of carbonyl (C=O) groups is 1. The van der Waals surface area contributed by atoms with E-state index in [1.807, 2.05) is 0 Å². The second-order valence-electron chi connectivity index (χ2n) is 4.03. The highest BCUT2D eigenvalue weighted by atomic mass is 16.1. The van der Waals surface area contributed by atoms with Crippen molar-refractivity contribution in [2.24, 2.45) is 11.8 Å². The van der Waals surface area contributed by atoms with Crippen molar-refractivity contribution in [1.29, 1.82) is 0 Å². The van der Waals surface area contributed by atoms with Gasteiger partial charge >= 0.3 is 0 Å². The number of rotatable bonds is 0. The molecule has 1 fully saturated rings. The molecule has 0 saturated heterocycles. The summed E-state index contributed by atoms with van der Waals surface area (Å²) in [5.74, 6) is 1.59. The number of allylic oxidation sites excluding steroid dienone is 2. The fourth-order valence-corrected chi connectivity index (χ4v) is 2.54. The Labute approximate surface area is 73.8 Å². The molecule has 0 unspecified atom stereocenters. The summed E-state index contributed by atoms with van der Waals surface area (Å²) < 4.78 is 0. The molecular weight excluding hydrogens is 148 g/mol. The monoisotopic (exact) mass is 164 g/mol. The van der Waals surface area contributed by atoms with Crippen molar-refractivity contribution in [3.63, 3.8) is 0 Å². The largest absolute Gasteiger partial charge is 0.299 e. The maximum Gasteiger partial charge on any atom is 0.140 e. The molecule has 12 heavy (non-hydrogen) atoms. The lowest BCUT2D eigenvalue weighted by Crippen LogP contribution is -2.25. The van der Waals surface area contributed by atoms with Crippen LogP contribution in [0, 0.1) is 11.8 Å². The van der Waals surface area contributed by atoms with Gasteiger partial charge in [0.25, 0.3) is 0 Å². The first-order valence-electron chi connectivity index (χ1n) is 5.05. The molecule has 0 heterocycles. The van der Waals surface area contributed by atoms with E-state index in [2.05, 4.69) is 12.2 Å². The molecule has 0 aromatic heterocycles. The zero-order chi connectivity index (χ0) is 8.39. The van der Waals surface area contributed by atoms with Gasteiger partial charge in [-0.3, -0.25) is 4.79 Å². The zero-order valence-corrected chi connectivity index (χ0v) is 7.46. The van der Waals surface area contributed by atoms with Gasteiger partial charge in [-0.2, -0.15) is 0 Å². The maximum atomic E-state index is 11.6. The van der Waals surface area contributed by atoms with E-state index in [0.717, 1.165) is 12.8 Å². The molecule has 2 rings (SSSR count). The van der Waals surface area contributed by atoms with Gasteiger partial charge in [-0.15, -0.1) is 0 Å². The molecule has 2 atom stereocenters. The van der Waals surface area contributed by atoms with Gasteiger partial charge in [0.2, 0.25) is 0 Å². The van der Waals surface area contributed by atoms with Crippen molar-refractivity contribution >= 4 is 5.78 Å². The van der Waals surface area contributed by atoms with Gasteiger partial charge in [-0.05, 0) is 25.2 Å². The highest BCUT2D eigenvalue weighted by Gasteiger charge is 2.30. The van der Waals surface area contributed by atoms with Crippen LogP contribution in [0.4, 0.5) is 0 Å². The van der Waals surface area contributed by atoms with Crippen molar-refractivity contribution in [1.82, 2.24) is 0 Å². The third kappa shape index (κ3) is 1.45. The lowest BCUT2D eigenvalue weighted by molar-refractivity contribution is -0.124. The minimum absolute atomic E-state index is 0.411. The highest BCUT2D eigenvalue weighted by molar-refractivity contribution is 5.83. The molecule has 0 spiro atoms. The van der Waals surface area contributed by atoms with E-state index in [9.17, 15) is 4.79 Å². The van der Waals surface area contributed by atoms with Crippen LogP contribution in [-0.2, 0) is 4.79 Å². The van der Waals surface area contributed by atoms with Gasteiger partial charge in [0.1, 0.15) is 5.78 Å². The molecule has 1 saturated carbocycles. The molecule has 2 aliphatic carbocycles. The Morgan fingerprint density at radius 2 is 2.00 bits per heavy atom. The third-order valence-corrected chi connectivity index (χ3v) is 3.25. The SMILES string of the molecule is O=C1CC=CC[C@H]2CCCC[C@@H]12. The summed E-state index contributed by atoms with van der Waals surface area (Å²) in [6, 6.07) is 0. The van der Waals surface area contributed by atoms with Crippen molar-refractivity contribution in [3.05, 3.63) is 12.2 Å². The highest BCUT2D eigenvalue weighted by Crippen LogP contribution is 2.35. The first-order chi connectivity index (χ1) is 5.88. The van der Waals surface area contributed by atoms with Crippen LogP contribution in [0.15, 0.2) is 12.2 Å². The Morgan fingerprint density at radius 3 is 2.92 bits per heavy atom. The molecule has 0 N–H and O–H groups in total.